The van der Waals surface area contributed by atoms with Gasteiger partial charge in [-0.2, -0.15) is 0 Å². The lowest BCUT2D eigenvalue weighted by Gasteiger charge is -2.30. The quantitative estimate of drug-likeness (QED) is 0.388. The van der Waals surface area contributed by atoms with E-state index < -0.39 is 6.04 Å². The van der Waals surface area contributed by atoms with Gasteiger partial charge in [-0.1, -0.05) is 37.6 Å². The molecule has 0 amide bonds. The molecule has 168 valence electrons. The topological polar surface area (TPSA) is 74.6 Å². The molecular formula is C25H29N3O4. The van der Waals surface area contributed by atoms with Crippen molar-refractivity contribution in [2.24, 2.45) is 0 Å². The Morgan fingerprint density at radius 3 is 2.78 bits per heavy atom. The number of imidazole rings is 1. The fourth-order valence-electron chi connectivity index (χ4n) is 3.95. The second-order valence-corrected chi connectivity index (χ2v) is 7.76. The summed E-state index contributed by atoms with van der Waals surface area (Å²) in [7, 11) is 1.58. The standard InChI is InChI=1S/C25H29N3O4/c1-4-5-13-31-19-10-8-9-18(16-19)23-22(24(29)32-15-14-30-3)17(2)26-25-27-20-11-6-7-12-21(20)28(23)25/h6-12,16,23H,4-5,13-15H2,1-3H3,(H,26,27). The number of nitrogens with one attached hydrogen (secondary N) is 1. The number of carbonyl (C=O) groups is 1. The number of methoxy groups -OCH3 is 1. The highest BCUT2D eigenvalue weighted by atomic mass is 16.6. The van der Waals surface area contributed by atoms with Gasteiger partial charge in [0.05, 0.1) is 35.9 Å². The fraction of sp³-hybridized carbons (Fsp3) is 0.360. The van der Waals surface area contributed by atoms with Crippen molar-refractivity contribution >= 4 is 23.0 Å². The van der Waals surface area contributed by atoms with Crippen molar-refractivity contribution in [2.75, 3.05) is 32.2 Å². The number of esters is 1. The van der Waals surface area contributed by atoms with Crippen molar-refractivity contribution in [2.45, 2.75) is 32.7 Å². The van der Waals surface area contributed by atoms with Crippen LogP contribution in [0.25, 0.3) is 11.0 Å². The third kappa shape index (κ3) is 4.34. The normalized spacial score (nSPS) is 15.4. The highest BCUT2D eigenvalue weighted by molar-refractivity contribution is 5.94. The molecule has 0 radical (unpaired) electrons. The zero-order valence-electron chi connectivity index (χ0n) is 18.8. The second-order valence-electron chi connectivity index (χ2n) is 7.76. The van der Waals surface area contributed by atoms with Crippen LogP contribution in [0.15, 0.2) is 59.8 Å². The van der Waals surface area contributed by atoms with Gasteiger partial charge in [0.15, 0.2) is 0 Å². The predicted molar refractivity (Wildman–Crippen MR) is 124 cm³/mol. The largest absolute Gasteiger partial charge is 0.494 e. The summed E-state index contributed by atoms with van der Waals surface area (Å²) in [6, 6.07) is 15.4. The first-order valence-corrected chi connectivity index (χ1v) is 11.0. The molecule has 0 aliphatic carbocycles. The molecule has 0 spiro atoms. The maximum absolute atomic E-state index is 13.2. The third-order valence-corrected chi connectivity index (χ3v) is 5.51. The summed E-state index contributed by atoms with van der Waals surface area (Å²) in [6.07, 6.45) is 2.06. The number of benzene rings is 2. The van der Waals surface area contributed by atoms with Crippen molar-refractivity contribution in [1.29, 1.82) is 0 Å². The van der Waals surface area contributed by atoms with Gasteiger partial charge in [0.25, 0.3) is 0 Å². The van der Waals surface area contributed by atoms with Gasteiger partial charge < -0.3 is 19.5 Å². The van der Waals surface area contributed by atoms with Crippen LogP contribution in [0.3, 0.4) is 0 Å². The molecule has 1 aromatic heterocycles. The number of allylic oxidation sites excluding steroid dienone is 1. The summed E-state index contributed by atoms with van der Waals surface area (Å²) in [5, 5.41) is 3.30. The lowest BCUT2D eigenvalue weighted by Crippen LogP contribution is -2.29. The molecule has 0 fully saturated rings. The first kappa shape index (κ1) is 21.9. The molecule has 32 heavy (non-hydrogen) atoms. The summed E-state index contributed by atoms with van der Waals surface area (Å²) in [5.41, 5.74) is 3.99. The van der Waals surface area contributed by atoms with Gasteiger partial charge in [-0.15, -0.1) is 0 Å². The molecule has 0 saturated heterocycles. The zero-order valence-corrected chi connectivity index (χ0v) is 18.8. The van der Waals surface area contributed by atoms with Crippen LogP contribution in [-0.4, -0.2) is 42.5 Å². The van der Waals surface area contributed by atoms with Gasteiger partial charge >= 0.3 is 5.97 Å². The van der Waals surface area contributed by atoms with Crippen molar-refractivity contribution < 1.29 is 19.0 Å². The van der Waals surface area contributed by atoms with Crippen LogP contribution in [-0.2, 0) is 14.3 Å². The molecule has 1 aliphatic rings. The van der Waals surface area contributed by atoms with E-state index in [0.29, 0.717) is 24.7 Å². The number of unbranched alkanes of at least 4 members (excludes halogenated alkanes) is 1. The average Bonchev–Trinajstić information content (AvgIpc) is 3.16. The number of para-hydroxylation sites is 2. The minimum atomic E-state index is -0.400. The summed E-state index contributed by atoms with van der Waals surface area (Å²) in [6.45, 7) is 5.21. The van der Waals surface area contributed by atoms with Gasteiger partial charge in [-0.05, 0) is 43.2 Å². The zero-order chi connectivity index (χ0) is 22.5. The van der Waals surface area contributed by atoms with E-state index in [9.17, 15) is 4.79 Å². The molecule has 1 unspecified atom stereocenters. The Bertz CT molecular complexity index is 1140. The van der Waals surface area contributed by atoms with E-state index in [1.807, 2.05) is 55.5 Å². The first-order valence-electron chi connectivity index (χ1n) is 11.0. The number of rotatable bonds is 9. The number of carbonyl (C=O) groups excluding carboxylic acids is 1. The van der Waals surface area contributed by atoms with Crippen LogP contribution in [0.5, 0.6) is 5.75 Å². The number of nitrogens with zero attached hydrogens (tertiary/aromatic N) is 2. The van der Waals surface area contributed by atoms with Crippen molar-refractivity contribution in [3.05, 3.63) is 65.4 Å². The number of hydrogen-bond donors (Lipinski definition) is 1. The molecular weight excluding hydrogens is 406 g/mol. The Hall–Kier alpha value is -3.32. The van der Waals surface area contributed by atoms with Crippen LogP contribution in [0.1, 0.15) is 38.3 Å². The van der Waals surface area contributed by atoms with Gasteiger partial charge in [0, 0.05) is 12.8 Å². The van der Waals surface area contributed by atoms with Gasteiger partial charge in [-0.25, -0.2) is 9.78 Å². The Morgan fingerprint density at radius 2 is 1.97 bits per heavy atom. The number of ether oxygens (including phenoxy) is 3. The molecule has 2 heterocycles. The van der Waals surface area contributed by atoms with E-state index in [1.54, 1.807) is 7.11 Å². The Morgan fingerprint density at radius 1 is 1.12 bits per heavy atom. The summed E-state index contributed by atoms with van der Waals surface area (Å²) >= 11 is 0. The Labute approximate surface area is 188 Å². The molecule has 1 N–H and O–H groups in total. The number of aromatic nitrogens is 2. The summed E-state index contributed by atoms with van der Waals surface area (Å²) in [5.74, 6) is 1.10. The van der Waals surface area contributed by atoms with Crippen molar-refractivity contribution in [3.8, 4) is 5.75 Å². The van der Waals surface area contributed by atoms with Crippen LogP contribution in [0.4, 0.5) is 5.95 Å². The Kier molecular flexibility index (Phi) is 6.75. The number of anilines is 1. The number of fused-ring (bicyclic) bond motifs is 3. The van der Waals surface area contributed by atoms with Gasteiger partial charge in [0.1, 0.15) is 12.4 Å². The van der Waals surface area contributed by atoms with E-state index in [0.717, 1.165) is 40.9 Å². The van der Waals surface area contributed by atoms with E-state index in [-0.39, 0.29) is 12.6 Å². The van der Waals surface area contributed by atoms with E-state index >= 15 is 0 Å². The molecule has 4 rings (SSSR count). The molecule has 0 saturated carbocycles. The maximum atomic E-state index is 13.2. The van der Waals surface area contributed by atoms with Crippen LogP contribution >= 0.6 is 0 Å². The van der Waals surface area contributed by atoms with Gasteiger partial charge in [0.2, 0.25) is 5.95 Å². The van der Waals surface area contributed by atoms with E-state index in [4.69, 9.17) is 19.2 Å². The van der Waals surface area contributed by atoms with Gasteiger partial charge in [-0.3, -0.25) is 4.57 Å². The van der Waals surface area contributed by atoms with Crippen LogP contribution < -0.4 is 10.1 Å². The molecule has 2 aromatic carbocycles. The third-order valence-electron chi connectivity index (χ3n) is 5.51. The first-order chi connectivity index (χ1) is 15.6. The molecule has 1 atom stereocenters. The van der Waals surface area contributed by atoms with E-state index in [2.05, 4.69) is 16.8 Å². The molecule has 7 nitrogen and oxygen atoms in total. The average molecular weight is 436 g/mol. The SMILES string of the molecule is CCCCOc1cccc(C2C(C(=O)OCCOC)=C(C)Nc3nc4ccccc4n32)c1. The van der Waals surface area contributed by atoms with Crippen LogP contribution in [0.2, 0.25) is 0 Å². The highest BCUT2D eigenvalue weighted by Crippen LogP contribution is 2.40. The fourth-order valence-corrected chi connectivity index (χ4v) is 3.95. The minimum Gasteiger partial charge on any atom is -0.494 e. The monoisotopic (exact) mass is 435 g/mol. The predicted octanol–water partition coefficient (Wildman–Crippen LogP) is 4.69. The minimum absolute atomic E-state index is 0.191. The summed E-state index contributed by atoms with van der Waals surface area (Å²) in [4.78, 5) is 17.9. The highest BCUT2D eigenvalue weighted by Gasteiger charge is 2.35. The van der Waals surface area contributed by atoms with Crippen LogP contribution in [0, 0.1) is 0 Å². The molecule has 1 aliphatic heterocycles. The lowest BCUT2D eigenvalue weighted by molar-refractivity contribution is -0.140. The maximum Gasteiger partial charge on any atom is 0.338 e. The lowest BCUT2D eigenvalue weighted by atomic mass is 9.95. The summed E-state index contributed by atoms with van der Waals surface area (Å²) < 4.78 is 18.6. The van der Waals surface area contributed by atoms with Crippen molar-refractivity contribution in [1.82, 2.24) is 9.55 Å². The smallest absolute Gasteiger partial charge is 0.338 e. The molecule has 7 heteroatoms. The molecule has 0 bridgehead atoms. The van der Waals surface area contributed by atoms with E-state index in [1.165, 1.54) is 0 Å². The Balaban J connectivity index is 1.80. The molecule has 3 aromatic rings. The number of hydrogen-bond acceptors (Lipinski definition) is 6. The second kappa shape index (κ2) is 9.87. The van der Waals surface area contributed by atoms with Crippen molar-refractivity contribution in [3.63, 3.8) is 0 Å².